The summed E-state index contributed by atoms with van der Waals surface area (Å²) in [6.45, 7) is 3.41. The molecule has 1 aromatic carbocycles. The number of H-pyrrole nitrogens is 1. The molecule has 0 unspecified atom stereocenters. The lowest BCUT2D eigenvalue weighted by Gasteiger charge is -2.06. The van der Waals surface area contributed by atoms with Crippen LogP contribution in [0.2, 0.25) is 0 Å². The lowest BCUT2D eigenvalue weighted by atomic mass is 10.1. The van der Waals surface area contributed by atoms with Crippen molar-refractivity contribution in [2.24, 2.45) is 0 Å². The van der Waals surface area contributed by atoms with Gasteiger partial charge in [0, 0.05) is 16.9 Å². The minimum absolute atomic E-state index is 0.307. The monoisotopic (exact) mass is 340 g/mol. The van der Waals surface area contributed by atoms with Gasteiger partial charge in [0.25, 0.3) is 5.91 Å². The van der Waals surface area contributed by atoms with Crippen LogP contribution in [0.1, 0.15) is 32.1 Å². The van der Waals surface area contributed by atoms with Gasteiger partial charge < -0.3 is 19.5 Å². The Hall–Kier alpha value is -3.42. The van der Waals surface area contributed by atoms with E-state index in [4.69, 9.17) is 9.15 Å². The highest BCUT2D eigenvalue weighted by Gasteiger charge is 2.22. The van der Waals surface area contributed by atoms with Crippen molar-refractivity contribution in [3.05, 3.63) is 53.2 Å². The number of aryl methyl sites for hydroxylation is 1. The first-order chi connectivity index (χ1) is 12.0. The number of aromatic amines is 1. The molecule has 2 heterocycles. The first-order valence-electron chi connectivity index (χ1n) is 7.46. The number of rotatable bonds is 4. The van der Waals surface area contributed by atoms with Crippen molar-refractivity contribution < 1.29 is 18.7 Å². The van der Waals surface area contributed by atoms with Gasteiger partial charge in [0.1, 0.15) is 5.69 Å². The van der Waals surface area contributed by atoms with E-state index >= 15 is 0 Å². The Morgan fingerprint density at radius 2 is 2.08 bits per heavy atom. The van der Waals surface area contributed by atoms with Crippen LogP contribution >= 0.6 is 0 Å². The van der Waals surface area contributed by atoms with Crippen LogP contribution in [0.25, 0.3) is 11.5 Å². The van der Waals surface area contributed by atoms with Crippen molar-refractivity contribution in [2.45, 2.75) is 13.8 Å². The largest absolute Gasteiger partial charge is 0.465 e. The molecule has 8 heteroatoms. The van der Waals surface area contributed by atoms with Gasteiger partial charge in [0.05, 0.1) is 12.7 Å². The molecule has 0 fully saturated rings. The first kappa shape index (κ1) is 16.4. The Bertz CT molecular complexity index is 928. The van der Waals surface area contributed by atoms with Gasteiger partial charge in [0.15, 0.2) is 0 Å². The van der Waals surface area contributed by atoms with Gasteiger partial charge in [-0.05, 0) is 37.6 Å². The molecule has 1 amide bonds. The number of hydrogen-bond acceptors (Lipinski definition) is 6. The van der Waals surface area contributed by atoms with E-state index in [2.05, 4.69) is 20.5 Å². The third kappa shape index (κ3) is 3.14. The van der Waals surface area contributed by atoms with Crippen molar-refractivity contribution >= 4 is 17.6 Å². The Labute approximate surface area is 143 Å². The molecule has 128 valence electrons. The zero-order chi connectivity index (χ0) is 18.0. The second-order valence-corrected chi connectivity index (χ2v) is 5.40. The molecule has 8 nitrogen and oxygen atoms in total. The molecule has 3 aromatic rings. The average molecular weight is 340 g/mol. The molecule has 2 aromatic heterocycles. The highest BCUT2D eigenvalue weighted by atomic mass is 16.5. The lowest BCUT2D eigenvalue weighted by Crippen LogP contribution is -2.14. The molecular formula is C17H16N4O4. The molecule has 0 saturated heterocycles. The normalized spacial score (nSPS) is 10.5. The van der Waals surface area contributed by atoms with Crippen LogP contribution in [-0.2, 0) is 4.74 Å². The molecule has 0 aliphatic rings. The summed E-state index contributed by atoms with van der Waals surface area (Å²) in [6, 6.07) is 7.02. The van der Waals surface area contributed by atoms with Crippen LogP contribution in [0.15, 0.2) is 35.1 Å². The molecule has 0 aliphatic carbocycles. The number of anilines is 1. The van der Waals surface area contributed by atoms with Crippen molar-refractivity contribution in [3.63, 3.8) is 0 Å². The van der Waals surface area contributed by atoms with Gasteiger partial charge >= 0.3 is 5.97 Å². The smallest absolute Gasteiger partial charge is 0.339 e. The lowest BCUT2D eigenvalue weighted by molar-refractivity contribution is 0.0599. The van der Waals surface area contributed by atoms with Crippen molar-refractivity contribution in [3.8, 4) is 11.5 Å². The van der Waals surface area contributed by atoms with Crippen molar-refractivity contribution in [1.82, 2.24) is 15.2 Å². The molecule has 0 saturated carbocycles. The SMILES string of the molecule is COC(=O)c1c(C)[nH]c(C(=O)Nc2cccc(-c3nnco3)c2)c1C. The second-order valence-electron chi connectivity index (χ2n) is 5.40. The number of hydrogen-bond donors (Lipinski definition) is 2. The van der Waals surface area contributed by atoms with Gasteiger partial charge in [0.2, 0.25) is 12.3 Å². The fourth-order valence-corrected chi connectivity index (χ4v) is 2.61. The number of nitrogens with one attached hydrogen (secondary N) is 2. The number of ether oxygens (including phenoxy) is 1. The number of esters is 1. The Morgan fingerprint density at radius 1 is 1.28 bits per heavy atom. The van der Waals surface area contributed by atoms with E-state index < -0.39 is 5.97 Å². The Kier molecular flexibility index (Phi) is 4.34. The van der Waals surface area contributed by atoms with Crippen LogP contribution in [0, 0.1) is 13.8 Å². The second kappa shape index (κ2) is 6.60. The maximum atomic E-state index is 12.6. The van der Waals surface area contributed by atoms with E-state index in [1.54, 1.807) is 38.1 Å². The predicted octanol–water partition coefficient (Wildman–Crippen LogP) is 2.72. The van der Waals surface area contributed by atoms with E-state index in [-0.39, 0.29) is 5.91 Å². The summed E-state index contributed by atoms with van der Waals surface area (Å²) in [5.41, 5.74) is 3.04. The van der Waals surface area contributed by atoms with Gasteiger partial charge in [-0.1, -0.05) is 6.07 Å². The topological polar surface area (TPSA) is 110 Å². The number of methoxy groups -OCH3 is 1. The number of amides is 1. The zero-order valence-electron chi connectivity index (χ0n) is 13.9. The summed E-state index contributed by atoms with van der Waals surface area (Å²) in [6.07, 6.45) is 1.24. The van der Waals surface area contributed by atoms with Crippen molar-refractivity contribution in [2.75, 3.05) is 12.4 Å². The fourth-order valence-electron chi connectivity index (χ4n) is 2.61. The summed E-state index contributed by atoms with van der Waals surface area (Å²) >= 11 is 0. The fraction of sp³-hybridized carbons (Fsp3) is 0.176. The van der Waals surface area contributed by atoms with E-state index in [0.717, 1.165) is 0 Å². The number of carbonyl (C=O) groups excluding carboxylic acids is 2. The quantitative estimate of drug-likeness (QED) is 0.707. The standard InChI is InChI=1S/C17H16N4O4/c1-9-13(17(23)24-3)10(2)19-14(9)15(22)20-12-6-4-5-11(7-12)16-21-18-8-25-16/h4-8,19H,1-3H3,(H,20,22). The molecule has 0 aliphatic heterocycles. The summed E-state index contributed by atoms with van der Waals surface area (Å²) in [7, 11) is 1.30. The van der Waals surface area contributed by atoms with Crippen LogP contribution in [0.4, 0.5) is 5.69 Å². The van der Waals surface area contributed by atoms with Crippen LogP contribution in [0.3, 0.4) is 0 Å². The maximum Gasteiger partial charge on any atom is 0.339 e. The van der Waals surface area contributed by atoms with Gasteiger partial charge in [-0.2, -0.15) is 0 Å². The highest BCUT2D eigenvalue weighted by molar-refractivity contribution is 6.07. The maximum absolute atomic E-state index is 12.6. The third-order valence-corrected chi connectivity index (χ3v) is 3.78. The number of benzene rings is 1. The molecule has 2 N–H and O–H groups in total. The summed E-state index contributed by atoms with van der Waals surface area (Å²) < 4.78 is 9.90. The van der Waals surface area contributed by atoms with Gasteiger partial charge in [-0.15, -0.1) is 10.2 Å². The molecule has 0 atom stereocenters. The van der Waals surface area contributed by atoms with E-state index in [1.165, 1.54) is 13.5 Å². The number of carbonyl (C=O) groups is 2. The Balaban J connectivity index is 1.86. The molecule has 0 spiro atoms. The molecular weight excluding hydrogens is 324 g/mol. The number of aromatic nitrogens is 3. The van der Waals surface area contributed by atoms with Crippen molar-refractivity contribution in [1.29, 1.82) is 0 Å². The summed E-state index contributed by atoms with van der Waals surface area (Å²) in [5, 5.41) is 10.3. The highest BCUT2D eigenvalue weighted by Crippen LogP contribution is 2.23. The number of nitrogens with zero attached hydrogens (tertiary/aromatic N) is 2. The van der Waals surface area contributed by atoms with Crippen LogP contribution in [-0.4, -0.2) is 34.2 Å². The average Bonchev–Trinajstić information content (AvgIpc) is 3.23. The summed E-state index contributed by atoms with van der Waals surface area (Å²) in [5.74, 6) is -0.488. The molecule has 0 radical (unpaired) electrons. The zero-order valence-corrected chi connectivity index (χ0v) is 13.9. The van der Waals surface area contributed by atoms with E-state index in [1.807, 2.05) is 0 Å². The van der Waals surface area contributed by atoms with Crippen LogP contribution < -0.4 is 5.32 Å². The van der Waals surface area contributed by atoms with Gasteiger partial charge in [-0.25, -0.2) is 4.79 Å². The minimum atomic E-state index is -0.483. The third-order valence-electron chi connectivity index (χ3n) is 3.78. The van der Waals surface area contributed by atoms with Gasteiger partial charge in [-0.3, -0.25) is 4.79 Å². The van der Waals surface area contributed by atoms with E-state index in [0.29, 0.717) is 39.7 Å². The first-order valence-corrected chi connectivity index (χ1v) is 7.46. The minimum Gasteiger partial charge on any atom is -0.465 e. The molecule has 25 heavy (non-hydrogen) atoms. The van der Waals surface area contributed by atoms with E-state index in [9.17, 15) is 9.59 Å². The van der Waals surface area contributed by atoms with Crippen LogP contribution in [0.5, 0.6) is 0 Å². The summed E-state index contributed by atoms with van der Waals surface area (Å²) in [4.78, 5) is 27.3. The predicted molar refractivity (Wildman–Crippen MR) is 89.3 cm³/mol. The molecule has 0 bridgehead atoms. The molecule has 3 rings (SSSR count). The Morgan fingerprint density at radius 3 is 2.76 bits per heavy atom.